The molecule has 112 valence electrons. The molecule has 0 aromatic heterocycles. The third-order valence-corrected chi connectivity index (χ3v) is 3.42. The molecule has 0 spiro atoms. The second-order valence-corrected chi connectivity index (χ2v) is 4.86. The van der Waals surface area contributed by atoms with E-state index in [9.17, 15) is 4.79 Å². The lowest BCUT2D eigenvalue weighted by molar-refractivity contribution is -0.132. The molecule has 1 amide bonds. The summed E-state index contributed by atoms with van der Waals surface area (Å²) in [6.45, 7) is 2.23. The van der Waals surface area contributed by atoms with Gasteiger partial charge in [-0.05, 0) is 18.1 Å². The van der Waals surface area contributed by atoms with Crippen LogP contribution < -0.4 is 0 Å². The summed E-state index contributed by atoms with van der Waals surface area (Å²) < 4.78 is 10.1. The number of carbonyl (C=O) groups is 1. The molecule has 0 atom stereocenters. The van der Waals surface area contributed by atoms with E-state index in [4.69, 9.17) is 21.1 Å². The van der Waals surface area contributed by atoms with Crippen molar-refractivity contribution in [3.8, 4) is 0 Å². The summed E-state index contributed by atoms with van der Waals surface area (Å²) in [5, 5.41) is 0.709. The number of hydrogen-bond acceptors (Lipinski definition) is 3. The maximum Gasteiger partial charge on any atom is 0.223 e. The highest BCUT2D eigenvalue weighted by molar-refractivity contribution is 6.31. The largest absolute Gasteiger partial charge is 0.383 e. The SMILES string of the molecule is COCCN(CCOC)C(=O)CCc1ccccc1Cl. The first-order valence-electron chi connectivity index (χ1n) is 6.68. The number of hydrogen-bond donors (Lipinski definition) is 0. The molecule has 1 rings (SSSR count). The van der Waals surface area contributed by atoms with E-state index in [1.165, 1.54) is 0 Å². The van der Waals surface area contributed by atoms with Crippen LogP contribution in [-0.2, 0) is 20.7 Å². The van der Waals surface area contributed by atoms with E-state index in [2.05, 4.69) is 0 Å². The lowest BCUT2D eigenvalue weighted by Gasteiger charge is -2.22. The van der Waals surface area contributed by atoms with Crippen molar-refractivity contribution in [3.63, 3.8) is 0 Å². The maximum atomic E-state index is 12.2. The van der Waals surface area contributed by atoms with Gasteiger partial charge in [0.1, 0.15) is 0 Å². The summed E-state index contributed by atoms with van der Waals surface area (Å²) in [4.78, 5) is 14.0. The second kappa shape index (κ2) is 9.75. The highest BCUT2D eigenvalue weighted by atomic mass is 35.5. The smallest absolute Gasteiger partial charge is 0.223 e. The van der Waals surface area contributed by atoms with E-state index in [0.29, 0.717) is 44.2 Å². The van der Waals surface area contributed by atoms with E-state index in [0.717, 1.165) is 5.56 Å². The van der Waals surface area contributed by atoms with Crippen molar-refractivity contribution in [2.45, 2.75) is 12.8 Å². The summed E-state index contributed by atoms with van der Waals surface area (Å²) in [7, 11) is 3.26. The van der Waals surface area contributed by atoms with E-state index in [1.54, 1.807) is 19.1 Å². The molecule has 0 saturated carbocycles. The lowest BCUT2D eigenvalue weighted by Crippen LogP contribution is -2.36. The third-order valence-electron chi connectivity index (χ3n) is 3.05. The Labute approximate surface area is 125 Å². The van der Waals surface area contributed by atoms with Crippen molar-refractivity contribution in [3.05, 3.63) is 34.9 Å². The van der Waals surface area contributed by atoms with Gasteiger partial charge in [-0.2, -0.15) is 0 Å². The zero-order valence-electron chi connectivity index (χ0n) is 12.1. The molecule has 0 bridgehead atoms. The first-order chi connectivity index (χ1) is 9.69. The highest BCUT2D eigenvalue weighted by Crippen LogP contribution is 2.16. The number of ether oxygens (including phenoxy) is 2. The van der Waals surface area contributed by atoms with Crippen LogP contribution in [0.2, 0.25) is 5.02 Å². The van der Waals surface area contributed by atoms with Crippen LogP contribution in [0.15, 0.2) is 24.3 Å². The number of methoxy groups -OCH3 is 2. The Morgan fingerprint density at radius 3 is 2.30 bits per heavy atom. The minimum atomic E-state index is 0.0963. The van der Waals surface area contributed by atoms with E-state index < -0.39 is 0 Å². The van der Waals surface area contributed by atoms with Crippen molar-refractivity contribution in [1.29, 1.82) is 0 Å². The number of benzene rings is 1. The van der Waals surface area contributed by atoms with Crippen molar-refractivity contribution in [1.82, 2.24) is 4.90 Å². The normalized spacial score (nSPS) is 10.6. The average molecular weight is 300 g/mol. The van der Waals surface area contributed by atoms with E-state index in [-0.39, 0.29) is 5.91 Å². The van der Waals surface area contributed by atoms with Crippen molar-refractivity contribution < 1.29 is 14.3 Å². The van der Waals surface area contributed by atoms with Gasteiger partial charge in [0.25, 0.3) is 0 Å². The van der Waals surface area contributed by atoms with Crippen LogP contribution in [0.5, 0.6) is 0 Å². The Morgan fingerprint density at radius 2 is 1.75 bits per heavy atom. The van der Waals surface area contributed by atoms with Crippen molar-refractivity contribution >= 4 is 17.5 Å². The van der Waals surface area contributed by atoms with Crippen LogP contribution in [0.1, 0.15) is 12.0 Å². The maximum absolute atomic E-state index is 12.2. The molecule has 0 aliphatic rings. The van der Waals surface area contributed by atoms with Crippen LogP contribution in [0.3, 0.4) is 0 Å². The topological polar surface area (TPSA) is 38.8 Å². The second-order valence-electron chi connectivity index (χ2n) is 4.46. The summed E-state index contributed by atoms with van der Waals surface area (Å²) in [5.74, 6) is 0.0963. The number of aryl methyl sites for hydroxylation is 1. The minimum Gasteiger partial charge on any atom is -0.383 e. The van der Waals surface area contributed by atoms with Crippen LogP contribution in [0.25, 0.3) is 0 Å². The average Bonchev–Trinajstić information content (AvgIpc) is 2.46. The Balaban J connectivity index is 2.50. The van der Waals surface area contributed by atoms with Gasteiger partial charge in [-0.1, -0.05) is 29.8 Å². The summed E-state index contributed by atoms with van der Waals surface area (Å²) >= 11 is 6.09. The predicted molar refractivity (Wildman–Crippen MR) is 80.1 cm³/mol. The first kappa shape index (κ1) is 17.0. The Bertz CT molecular complexity index is 404. The fourth-order valence-electron chi connectivity index (χ4n) is 1.87. The standard InChI is InChI=1S/C15H22ClNO3/c1-19-11-9-17(10-12-20-2)15(18)8-7-13-5-3-4-6-14(13)16/h3-6H,7-12H2,1-2H3. The Morgan fingerprint density at radius 1 is 1.15 bits per heavy atom. The predicted octanol–water partition coefficient (Wildman–Crippen LogP) is 2.39. The molecule has 0 fully saturated rings. The number of amides is 1. The van der Waals surface area contributed by atoms with E-state index >= 15 is 0 Å². The Kier molecular flexibility index (Phi) is 8.26. The number of rotatable bonds is 9. The summed E-state index contributed by atoms with van der Waals surface area (Å²) in [5.41, 5.74) is 1.00. The summed E-state index contributed by atoms with van der Waals surface area (Å²) in [6, 6.07) is 7.61. The molecule has 0 aliphatic carbocycles. The third kappa shape index (κ3) is 5.90. The summed E-state index contributed by atoms with van der Waals surface area (Å²) in [6.07, 6.45) is 1.09. The minimum absolute atomic E-state index is 0.0963. The number of halogens is 1. The van der Waals surface area contributed by atoms with Gasteiger partial charge in [-0.15, -0.1) is 0 Å². The van der Waals surface area contributed by atoms with Crippen LogP contribution in [-0.4, -0.2) is 51.3 Å². The molecular formula is C15H22ClNO3. The molecule has 4 nitrogen and oxygen atoms in total. The quantitative estimate of drug-likeness (QED) is 0.703. The monoisotopic (exact) mass is 299 g/mol. The van der Waals surface area contributed by atoms with Gasteiger partial charge in [0.05, 0.1) is 13.2 Å². The van der Waals surface area contributed by atoms with Crippen molar-refractivity contribution in [2.24, 2.45) is 0 Å². The number of carbonyl (C=O) groups excluding carboxylic acids is 1. The molecular weight excluding hydrogens is 278 g/mol. The van der Waals surface area contributed by atoms with Gasteiger partial charge in [0.15, 0.2) is 0 Å². The molecule has 1 aromatic carbocycles. The fraction of sp³-hybridized carbons (Fsp3) is 0.533. The van der Waals surface area contributed by atoms with Gasteiger partial charge in [-0.25, -0.2) is 0 Å². The van der Waals surface area contributed by atoms with E-state index in [1.807, 2.05) is 24.3 Å². The molecule has 20 heavy (non-hydrogen) atoms. The molecule has 0 N–H and O–H groups in total. The Hall–Kier alpha value is -1.10. The molecule has 0 saturated heterocycles. The van der Waals surface area contributed by atoms with Crippen LogP contribution in [0, 0.1) is 0 Å². The van der Waals surface area contributed by atoms with Gasteiger partial charge in [-0.3, -0.25) is 4.79 Å². The van der Waals surface area contributed by atoms with Gasteiger partial charge < -0.3 is 14.4 Å². The van der Waals surface area contributed by atoms with Gasteiger partial charge in [0.2, 0.25) is 5.91 Å². The zero-order valence-corrected chi connectivity index (χ0v) is 12.9. The fourth-order valence-corrected chi connectivity index (χ4v) is 2.10. The zero-order chi connectivity index (χ0) is 14.8. The molecule has 0 radical (unpaired) electrons. The molecule has 0 heterocycles. The van der Waals surface area contributed by atoms with Crippen molar-refractivity contribution in [2.75, 3.05) is 40.5 Å². The molecule has 0 unspecified atom stereocenters. The highest BCUT2D eigenvalue weighted by Gasteiger charge is 2.13. The number of nitrogens with zero attached hydrogens (tertiary/aromatic N) is 1. The molecule has 5 heteroatoms. The molecule has 0 aliphatic heterocycles. The first-order valence-corrected chi connectivity index (χ1v) is 7.06. The van der Waals surface area contributed by atoms with Crippen LogP contribution in [0.4, 0.5) is 0 Å². The molecule has 1 aromatic rings. The van der Waals surface area contributed by atoms with Gasteiger partial charge >= 0.3 is 0 Å². The lowest BCUT2D eigenvalue weighted by atomic mass is 10.1. The van der Waals surface area contributed by atoms with Gasteiger partial charge in [0, 0.05) is 38.8 Å². The van der Waals surface area contributed by atoms with Crippen LogP contribution >= 0.6 is 11.6 Å².